The Bertz CT molecular complexity index is 922. The molecule has 4 bridgehead atoms. The van der Waals surface area contributed by atoms with E-state index in [2.05, 4.69) is 50.5 Å². The van der Waals surface area contributed by atoms with Crippen molar-refractivity contribution in [3.05, 3.63) is 53.5 Å². The van der Waals surface area contributed by atoms with Gasteiger partial charge in [-0.25, -0.2) is 9.97 Å². The van der Waals surface area contributed by atoms with Gasteiger partial charge in [0.15, 0.2) is 0 Å². The molecule has 5 aliphatic rings. The van der Waals surface area contributed by atoms with Gasteiger partial charge in [-0.1, -0.05) is 30.3 Å². The van der Waals surface area contributed by atoms with Gasteiger partial charge in [0.2, 0.25) is 5.91 Å². The fourth-order valence-electron chi connectivity index (χ4n) is 7.12. The van der Waals surface area contributed by atoms with E-state index in [1.165, 1.54) is 24.8 Å². The first-order valence-electron chi connectivity index (χ1n) is 11.6. The number of fused-ring (bicyclic) bond motifs is 1. The van der Waals surface area contributed by atoms with Crippen LogP contribution in [-0.4, -0.2) is 27.3 Å². The SMILES string of the molecule is O=C(Nc1ncnc2c1CCN(Cc1ccccc1)C2)C12CC3CC(CC(C3)C1)C2. The Morgan fingerprint density at radius 2 is 1.73 bits per heavy atom. The van der Waals surface area contributed by atoms with Crippen LogP contribution >= 0.6 is 0 Å². The van der Waals surface area contributed by atoms with Gasteiger partial charge in [-0.05, 0) is 68.3 Å². The Hall–Kier alpha value is -2.27. The van der Waals surface area contributed by atoms with Crippen LogP contribution in [0.5, 0.6) is 0 Å². The van der Waals surface area contributed by atoms with Gasteiger partial charge in [0.25, 0.3) is 0 Å². The molecular formula is C25H30N4O. The number of amides is 1. The molecule has 30 heavy (non-hydrogen) atoms. The summed E-state index contributed by atoms with van der Waals surface area (Å²) in [7, 11) is 0. The summed E-state index contributed by atoms with van der Waals surface area (Å²) in [5.41, 5.74) is 3.39. The first-order chi connectivity index (χ1) is 14.7. The van der Waals surface area contributed by atoms with Gasteiger partial charge < -0.3 is 5.32 Å². The van der Waals surface area contributed by atoms with Gasteiger partial charge in [-0.2, -0.15) is 0 Å². The molecule has 0 unspecified atom stereocenters. The quantitative estimate of drug-likeness (QED) is 0.833. The average molecular weight is 403 g/mol. The van der Waals surface area contributed by atoms with E-state index in [4.69, 9.17) is 0 Å². The molecule has 4 aliphatic carbocycles. The maximum absolute atomic E-state index is 13.5. The van der Waals surface area contributed by atoms with E-state index in [1.807, 2.05) is 0 Å². The van der Waals surface area contributed by atoms with E-state index >= 15 is 0 Å². The minimum atomic E-state index is -0.138. The lowest BCUT2D eigenvalue weighted by molar-refractivity contribution is -0.140. The molecule has 1 amide bonds. The zero-order chi connectivity index (χ0) is 20.1. The summed E-state index contributed by atoms with van der Waals surface area (Å²) in [6, 6.07) is 10.6. The molecule has 4 saturated carbocycles. The summed E-state index contributed by atoms with van der Waals surface area (Å²) < 4.78 is 0. The molecule has 0 radical (unpaired) electrons. The van der Waals surface area contributed by atoms with Gasteiger partial charge in [0.05, 0.1) is 11.1 Å². The molecule has 0 saturated heterocycles. The lowest BCUT2D eigenvalue weighted by Crippen LogP contribution is -2.52. The Morgan fingerprint density at radius 1 is 1.03 bits per heavy atom. The lowest BCUT2D eigenvalue weighted by atomic mass is 9.49. The normalized spacial score (nSPS) is 32.1. The topological polar surface area (TPSA) is 58.1 Å². The number of rotatable bonds is 4. The first-order valence-corrected chi connectivity index (χ1v) is 11.6. The van der Waals surface area contributed by atoms with Crippen LogP contribution in [0.2, 0.25) is 0 Å². The largest absolute Gasteiger partial charge is 0.310 e. The molecule has 1 aromatic heterocycles. The summed E-state index contributed by atoms with van der Waals surface area (Å²) in [6.07, 6.45) is 9.83. The lowest BCUT2D eigenvalue weighted by Gasteiger charge is -2.55. The fraction of sp³-hybridized carbons (Fsp3) is 0.560. The van der Waals surface area contributed by atoms with Crippen LogP contribution in [0.25, 0.3) is 0 Å². The smallest absolute Gasteiger partial charge is 0.231 e. The summed E-state index contributed by atoms with van der Waals surface area (Å²) in [5, 5.41) is 3.28. The zero-order valence-electron chi connectivity index (χ0n) is 17.5. The van der Waals surface area contributed by atoms with Crippen LogP contribution < -0.4 is 5.32 Å². The molecule has 2 aromatic rings. The number of hydrogen-bond acceptors (Lipinski definition) is 4. The number of nitrogens with zero attached hydrogens (tertiary/aromatic N) is 3. The van der Waals surface area contributed by atoms with Gasteiger partial charge in [-0.15, -0.1) is 0 Å². The average Bonchev–Trinajstić information content (AvgIpc) is 2.73. The molecule has 1 aliphatic heterocycles. The van der Waals surface area contributed by atoms with E-state index in [0.29, 0.717) is 0 Å². The standard InChI is InChI=1S/C25H30N4O/c30-24(25-11-18-8-19(12-25)10-20(9-18)13-25)28-23-21-6-7-29(15-22(21)26-16-27-23)14-17-4-2-1-3-5-17/h1-5,16,18-20H,6-15H2,(H,26,27,28,30). The molecule has 1 N–H and O–H groups in total. The van der Waals surface area contributed by atoms with E-state index in [-0.39, 0.29) is 11.3 Å². The van der Waals surface area contributed by atoms with E-state index in [9.17, 15) is 4.79 Å². The molecule has 5 nitrogen and oxygen atoms in total. The van der Waals surface area contributed by atoms with Crippen molar-refractivity contribution in [1.82, 2.24) is 14.9 Å². The van der Waals surface area contributed by atoms with Crippen LogP contribution in [-0.2, 0) is 24.3 Å². The maximum atomic E-state index is 13.5. The third kappa shape index (κ3) is 3.24. The van der Waals surface area contributed by atoms with E-state index in [0.717, 1.165) is 80.1 Å². The molecule has 5 heteroatoms. The third-order valence-electron chi connectivity index (χ3n) is 8.09. The number of anilines is 1. The molecule has 1 aromatic carbocycles. The summed E-state index contributed by atoms with van der Waals surface area (Å²) in [5.74, 6) is 3.31. The highest BCUT2D eigenvalue weighted by Gasteiger charge is 2.54. The van der Waals surface area contributed by atoms with Crippen molar-refractivity contribution >= 4 is 11.7 Å². The van der Waals surface area contributed by atoms with Crippen LogP contribution in [0.15, 0.2) is 36.7 Å². The molecule has 0 atom stereocenters. The maximum Gasteiger partial charge on any atom is 0.231 e. The van der Waals surface area contributed by atoms with Crippen molar-refractivity contribution in [3.8, 4) is 0 Å². The Morgan fingerprint density at radius 3 is 2.43 bits per heavy atom. The number of nitrogens with one attached hydrogen (secondary N) is 1. The Kier molecular flexibility index (Phi) is 4.41. The summed E-state index contributed by atoms with van der Waals surface area (Å²) in [6.45, 7) is 2.71. The minimum absolute atomic E-state index is 0.138. The Labute approximate surface area is 178 Å². The second-order valence-electron chi connectivity index (χ2n) is 10.2. The number of carbonyl (C=O) groups excluding carboxylic acids is 1. The van der Waals surface area contributed by atoms with Crippen molar-refractivity contribution in [3.63, 3.8) is 0 Å². The monoisotopic (exact) mass is 402 g/mol. The number of aromatic nitrogens is 2. The molecular weight excluding hydrogens is 372 g/mol. The number of benzene rings is 1. The van der Waals surface area contributed by atoms with Crippen molar-refractivity contribution in [2.45, 2.75) is 58.0 Å². The number of hydrogen-bond donors (Lipinski definition) is 1. The fourth-order valence-corrected chi connectivity index (χ4v) is 7.12. The van der Waals surface area contributed by atoms with Crippen LogP contribution in [0.3, 0.4) is 0 Å². The van der Waals surface area contributed by atoms with Crippen LogP contribution in [0.1, 0.15) is 55.3 Å². The molecule has 156 valence electrons. The highest BCUT2D eigenvalue weighted by molar-refractivity contribution is 5.95. The van der Waals surface area contributed by atoms with Gasteiger partial charge >= 0.3 is 0 Å². The predicted molar refractivity (Wildman–Crippen MR) is 116 cm³/mol. The van der Waals surface area contributed by atoms with Crippen molar-refractivity contribution < 1.29 is 4.79 Å². The molecule has 2 heterocycles. The second kappa shape index (κ2) is 7.16. The third-order valence-corrected chi connectivity index (χ3v) is 8.09. The van der Waals surface area contributed by atoms with Gasteiger partial charge in [0.1, 0.15) is 12.1 Å². The predicted octanol–water partition coefficient (Wildman–Crippen LogP) is 4.19. The molecule has 0 spiro atoms. The van der Waals surface area contributed by atoms with Gasteiger partial charge in [0, 0.05) is 25.2 Å². The van der Waals surface area contributed by atoms with Crippen LogP contribution in [0.4, 0.5) is 5.82 Å². The second-order valence-corrected chi connectivity index (χ2v) is 10.2. The summed E-state index contributed by atoms with van der Waals surface area (Å²) in [4.78, 5) is 25.0. The summed E-state index contributed by atoms with van der Waals surface area (Å²) >= 11 is 0. The van der Waals surface area contributed by atoms with E-state index < -0.39 is 0 Å². The zero-order valence-corrected chi connectivity index (χ0v) is 17.5. The van der Waals surface area contributed by atoms with E-state index in [1.54, 1.807) is 6.33 Å². The van der Waals surface area contributed by atoms with Crippen molar-refractivity contribution in [2.24, 2.45) is 23.2 Å². The first kappa shape index (κ1) is 18.5. The highest BCUT2D eigenvalue weighted by atomic mass is 16.2. The minimum Gasteiger partial charge on any atom is -0.310 e. The van der Waals surface area contributed by atoms with Crippen LogP contribution in [0, 0.1) is 23.2 Å². The number of carbonyl (C=O) groups is 1. The van der Waals surface area contributed by atoms with Gasteiger partial charge in [-0.3, -0.25) is 9.69 Å². The molecule has 4 fully saturated rings. The van der Waals surface area contributed by atoms with Crippen molar-refractivity contribution in [2.75, 3.05) is 11.9 Å². The molecule has 7 rings (SSSR count). The highest BCUT2D eigenvalue weighted by Crippen LogP contribution is 2.60. The van der Waals surface area contributed by atoms with Crippen molar-refractivity contribution in [1.29, 1.82) is 0 Å². The Balaban J connectivity index is 1.19.